The summed E-state index contributed by atoms with van der Waals surface area (Å²) in [6, 6.07) is 6.86. The zero-order chi connectivity index (χ0) is 17.0. The summed E-state index contributed by atoms with van der Waals surface area (Å²) in [5, 5.41) is 3.04. The van der Waals surface area contributed by atoms with Gasteiger partial charge in [0.25, 0.3) is 5.91 Å². The van der Waals surface area contributed by atoms with Gasteiger partial charge in [0.2, 0.25) is 0 Å². The van der Waals surface area contributed by atoms with Crippen LogP contribution in [0.3, 0.4) is 0 Å². The van der Waals surface area contributed by atoms with Crippen molar-refractivity contribution in [2.24, 2.45) is 0 Å². The fourth-order valence-electron chi connectivity index (χ4n) is 1.59. The van der Waals surface area contributed by atoms with Crippen molar-refractivity contribution >= 4 is 63.9 Å². The smallest absolute Gasteiger partial charge is 0.271 e. The molecule has 0 radical (unpaired) electrons. The van der Waals surface area contributed by atoms with E-state index in [0.717, 1.165) is 0 Å². The summed E-state index contributed by atoms with van der Waals surface area (Å²) in [5.41, 5.74) is -0.0995. The number of hydrogen-bond donors (Lipinski definition) is 1. The van der Waals surface area contributed by atoms with Crippen LogP contribution in [0.25, 0.3) is 0 Å². The Morgan fingerprint density at radius 2 is 1.65 bits per heavy atom. The van der Waals surface area contributed by atoms with Gasteiger partial charge in [-0.15, -0.1) is 0 Å². The van der Waals surface area contributed by atoms with Crippen molar-refractivity contribution in [1.82, 2.24) is 10.3 Å². The van der Waals surface area contributed by atoms with Crippen molar-refractivity contribution < 1.29 is 9.53 Å². The van der Waals surface area contributed by atoms with Crippen molar-refractivity contribution in [3.63, 3.8) is 0 Å². The van der Waals surface area contributed by atoms with Crippen LogP contribution in [-0.4, -0.2) is 24.0 Å². The van der Waals surface area contributed by atoms with Gasteiger partial charge in [0.05, 0.1) is 21.6 Å². The van der Waals surface area contributed by atoms with Gasteiger partial charge >= 0.3 is 0 Å². The number of carbonyl (C=O) groups excluding carboxylic acids is 1. The van der Waals surface area contributed by atoms with Crippen LogP contribution in [0.4, 0.5) is 0 Å². The lowest BCUT2D eigenvalue weighted by atomic mass is 10.3. The van der Waals surface area contributed by atoms with E-state index in [0.29, 0.717) is 10.8 Å². The fourth-order valence-corrected chi connectivity index (χ4v) is 2.53. The van der Waals surface area contributed by atoms with E-state index in [1.54, 1.807) is 24.3 Å². The SMILES string of the molecule is O=C(NCCOc1ccc(Cl)cc1)c1nc(Cl)c(Cl)c(Cl)c1Cl. The van der Waals surface area contributed by atoms with Gasteiger partial charge in [-0.2, -0.15) is 0 Å². The Morgan fingerprint density at radius 3 is 2.30 bits per heavy atom. The van der Waals surface area contributed by atoms with Gasteiger partial charge in [-0.25, -0.2) is 4.98 Å². The van der Waals surface area contributed by atoms with Crippen LogP contribution in [0, 0.1) is 0 Å². The summed E-state index contributed by atoms with van der Waals surface area (Å²) in [7, 11) is 0. The number of nitrogens with one attached hydrogen (secondary N) is 1. The first kappa shape index (κ1) is 18.4. The van der Waals surface area contributed by atoms with E-state index in [9.17, 15) is 4.79 Å². The topological polar surface area (TPSA) is 51.2 Å². The predicted octanol–water partition coefficient (Wildman–Crippen LogP) is 5.16. The number of benzene rings is 1. The van der Waals surface area contributed by atoms with Gasteiger partial charge < -0.3 is 10.1 Å². The van der Waals surface area contributed by atoms with E-state index in [2.05, 4.69) is 10.3 Å². The maximum Gasteiger partial charge on any atom is 0.271 e. The third-order valence-corrected chi connectivity index (χ3v) is 4.60. The van der Waals surface area contributed by atoms with E-state index < -0.39 is 5.91 Å². The van der Waals surface area contributed by atoms with E-state index in [4.69, 9.17) is 62.7 Å². The van der Waals surface area contributed by atoms with Gasteiger partial charge in [-0.05, 0) is 24.3 Å². The van der Waals surface area contributed by atoms with Crippen molar-refractivity contribution in [3.8, 4) is 5.75 Å². The Bertz CT molecular complexity index is 722. The number of aromatic nitrogens is 1. The fraction of sp³-hybridized carbons (Fsp3) is 0.143. The molecule has 23 heavy (non-hydrogen) atoms. The van der Waals surface area contributed by atoms with Crippen LogP contribution in [0.2, 0.25) is 25.2 Å². The minimum atomic E-state index is -0.532. The molecule has 0 spiro atoms. The maximum absolute atomic E-state index is 12.0. The highest BCUT2D eigenvalue weighted by Gasteiger charge is 2.19. The molecule has 0 saturated carbocycles. The summed E-state index contributed by atoms with van der Waals surface area (Å²) >= 11 is 29.2. The quantitative estimate of drug-likeness (QED) is 0.543. The summed E-state index contributed by atoms with van der Waals surface area (Å²) < 4.78 is 5.44. The van der Waals surface area contributed by atoms with Crippen LogP contribution in [-0.2, 0) is 0 Å². The van der Waals surface area contributed by atoms with Crippen LogP contribution >= 0.6 is 58.0 Å². The Hall–Kier alpha value is -0.910. The zero-order valence-corrected chi connectivity index (χ0v) is 15.2. The lowest BCUT2D eigenvalue weighted by Gasteiger charge is -2.10. The zero-order valence-electron chi connectivity index (χ0n) is 11.4. The minimum Gasteiger partial charge on any atom is -0.492 e. The van der Waals surface area contributed by atoms with Crippen molar-refractivity contribution in [2.45, 2.75) is 0 Å². The summed E-state index contributed by atoms with van der Waals surface area (Å²) in [5.74, 6) is 0.104. The molecule has 0 saturated heterocycles. The van der Waals surface area contributed by atoms with Gasteiger partial charge in [-0.1, -0.05) is 58.0 Å². The van der Waals surface area contributed by atoms with Crippen LogP contribution in [0.1, 0.15) is 10.5 Å². The molecule has 4 nitrogen and oxygen atoms in total. The molecule has 0 aliphatic carbocycles. The summed E-state index contributed by atoms with van der Waals surface area (Å²) in [6.45, 7) is 0.484. The number of pyridine rings is 1. The highest BCUT2D eigenvalue weighted by molar-refractivity contribution is 6.52. The second-order valence-corrected chi connectivity index (χ2v) is 6.18. The van der Waals surface area contributed by atoms with Crippen molar-refractivity contribution in [3.05, 3.63) is 55.2 Å². The number of carbonyl (C=O) groups is 1. The lowest BCUT2D eigenvalue weighted by molar-refractivity contribution is 0.0942. The molecule has 0 fully saturated rings. The average molecular weight is 415 g/mol. The first-order valence-corrected chi connectivity index (χ1v) is 8.15. The van der Waals surface area contributed by atoms with E-state index >= 15 is 0 Å². The summed E-state index contributed by atoms with van der Waals surface area (Å²) in [6.07, 6.45) is 0. The van der Waals surface area contributed by atoms with E-state index in [1.807, 2.05) is 0 Å². The minimum absolute atomic E-state index is 0.000884. The largest absolute Gasteiger partial charge is 0.492 e. The Balaban J connectivity index is 1.91. The molecule has 9 heteroatoms. The Kier molecular flexibility index (Phi) is 6.62. The predicted molar refractivity (Wildman–Crippen MR) is 93.6 cm³/mol. The molecule has 2 aromatic rings. The number of ether oxygens (including phenoxy) is 1. The Labute approximate surface area is 157 Å². The van der Waals surface area contributed by atoms with E-state index in [1.165, 1.54) is 0 Å². The molecule has 2 rings (SSSR count). The molecular weight excluding hydrogens is 405 g/mol. The number of amides is 1. The van der Waals surface area contributed by atoms with Gasteiger partial charge in [0.1, 0.15) is 23.2 Å². The lowest BCUT2D eigenvalue weighted by Crippen LogP contribution is -2.29. The normalized spacial score (nSPS) is 10.5. The number of halogens is 5. The average Bonchev–Trinajstić information content (AvgIpc) is 2.54. The highest BCUT2D eigenvalue weighted by Crippen LogP contribution is 2.35. The molecular formula is C14H9Cl5N2O2. The molecule has 0 unspecified atom stereocenters. The molecule has 0 aliphatic heterocycles. The maximum atomic E-state index is 12.0. The van der Waals surface area contributed by atoms with E-state index in [-0.39, 0.29) is 39.1 Å². The standard InChI is InChI=1S/C14H9Cl5N2O2/c15-7-1-3-8(4-2-7)23-6-5-20-14(22)12-10(17)9(16)11(18)13(19)21-12/h1-4H,5-6H2,(H,20,22). The van der Waals surface area contributed by atoms with Gasteiger partial charge in [0.15, 0.2) is 0 Å². The molecule has 0 aliphatic rings. The summed E-state index contributed by atoms with van der Waals surface area (Å²) in [4.78, 5) is 15.9. The molecule has 0 bridgehead atoms. The molecule has 1 amide bonds. The molecule has 122 valence electrons. The van der Waals surface area contributed by atoms with Crippen LogP contribution < -0.4 is 10.1 Å². The third-order valence-electron chi connectivity index (χ3n) is 2.67. The number of nitrogens with zero attached hydrogens (tertiary/aromatic N) is 1. The molecule has 1 N–H and O–H groups in total. The molecule has 1 heterocycles. The number of rotatable bonds is 5. The van der Waals surface area contributed by atoms with Crippen LogP contribution in [0.15, 0.2) is 24.3 Å². The molecule has 1 aromatic heterocycles. The molecule has 1 aromatic carbocycles. The second-order valence-electron chi connectivity index (χ2n) is 4.25. The van der Waals surface area contributed by atoms with Gasteiger partial charge in [-0.3, -0.25) is 4.79 Å². The number of hydrogen-bond acceptors (Lipinski definition) is 3. The van der Waals surface area contributed by atoms with Crippen LogP contribution in [0.5, 0.6) is 5.75 Å². The van der Waals surface area contributed by atoms with Crippen molar-refractivity contribution in [1.29, 1.82) is 0 Å². The monoisotopic (exact) mass is 412 g/mol. The molecule has 0 atom stereocenters. The first-order valence-electron chi connectivity index (χ1n) is 6.26. The highest BCUT2D eigenvalue weighted by atomic mass is 35.5. The van der Waals surface area contributed by atoms with Gasteiger partial charge in [0, 0.05) is 5.02 Å². The van der Waals surface area contributed by atoms with Crippen molar-refractivity contribution in [2.75, 3.05) is 13.2 Å². The Morgan fingerprint density at radius 1 is 1.00 bits per heavy atom. The second kappa shape index (κ2) is 8.27. The third kappa shape index (κ3) is 4.78. The first-order chi connectivity index (χ1) is 10.9.